The molecule has 1 amide bonds. The van der Waals surface area contributed by atoms with Crippen LogP contribution in [0.15, 0.2) is 76.5 Å². The Morgan fingerprint density at radius 2 is 1.53 bits per heavy atom. The van der Waals surface area contributed by atoms with Gasteiger partial charge in [-0.15, -0.1) is 0 Å². The van der Waals surface area contributed by atoms with Crippen molar-refractivity contribution in [3.8, 4) is 11.5 Å². The minimum absolute atomic E-state index is 0.0346. The zero-order valence-electron chi connectivity index (χ0n) is 18.8. The number of esters is 1. The Bertz CT molecular complexity index is 1290. The van der Waals surface area contributed by atoms with Gasteiger partial charge in [-0.05, 0) is 24.3 Å². The van der Waals surface area contributed by atoms with E-state index in [2.05, 4.69) is 10.6 Å². The van der Waals surface area contributed by atoms with Crippen LogP contribution in [0.3, 0.4) is 0 Å². The van der Waals surface area contributed by atoms with Crippen molar-refractivity contribution in [1.82, 2.24) is 0 Å². The molecular weight excluding hydrogens is 460 g/mol. The van der Waals surface area contributed by atoms with Crippen molar-refractivity contribution < 1.29 is 32.2 Å². The summed E-state index contributed by atoms with van der Waals surface area (Å²) in [5, 5.41) is 5.53. The predicted octanol–water partition coefficient (Wildman–Crippen LogP) is 3.37. The fourth-order valence-electron chi connectivity index (χ4n) is 3.21. The van der Waals surface area contributed by atoms with Crippen LogP contribution in [-0.2, 0) is 19.4 Å². The summed E-state index contributed by atoms with van der Waals surface area (Å²) < 4.78 is 41.9. The topological polar surface area (TPSA) is 120 Å². The second-order valence-corrected chi connectivity index (χ2v) is 8.88. The molecule has 10 heteroatoms. The molecule has 0 atom stereocenters. The molecule has 0 bridgehead atoms. The Balaban J connectivity index is 1.89. The third kappa shape index (κ3) is 5.29. The van der Waals surface area contributed by atoms with Gasteiger partial charge < -0.3 is 24.8 Å². The molecule has 3 rings (SSSR count). The predicted molar refractivity (Wildman–Crippen MR) is 126 cm³/mol. The van der Waals surface area contributed by atoms with Crippen molar-refractivity contribution in [3.63, 3.8) is 0 Å². The molecule has 0 heterocycles. The molecule has 3 aromatic rings. The molecular formula is C24H24N2O7S. The van der Waals surface area contributed by atoms with Crippen molar-refractivity contribution in [2.24, 2.45) is 0 Å². The monoisotopic (exact) mass is 484 g/mol. The number of nitrogens with one attached hydrogen (secondary N) is 2. The maximum absolute atomic E-state index is 13.3. The highest BCUT2D eigenvalue weighted by Crippen LogP contribution is 2.39. The van der Waals surface area contributed by atoms with Gasteiger partial charge in [0.2, 0.25) is 15.7 Å². The van der Waals surface area contributed by atoms with Crippen LogP contribution in [0, 0.1) is 0 Å². The summed E-state index contributed by atoms with van der Waals surface area (Å²) in [5.74, 6) is -0.774. The quantitative estimate of drug-likeness (QED) is 0.444. The van der Waals surface area contributed by atoms with E-state index < -0.39 is 21.7 Å². The Kier molecular flexibility index (Phi) is 7.75. The van der Waals surface area contributed by atoms with Crippen LogP contribution in [0.4, 0.5) is 11.4 Å². The molecule has 0 spiro atoms. The molecule has 0 aliphatic heterocycles. The molecule has 34 heavy (non-hydrogen) atoms. The van der Waals surface area contributed by atoms with E-state index in [0.29, 0.717) is 0 Å². The first-order chi connectivity index (χ1) is 16.3. The Hall–Kier alpha value is -4.05. The van der Waals surface area contributed by atoms with Gasteiger partial charge in [0.15, 0.2) is 5.75 Å². The summed E-state index contributed by atoms with van der Waals surface area (Å²) in [4.78, 5) is 24.5. The molecule has 0 aromatic heterocycles. The highest BCUT2D eigenvalue weighted by atomic mass is 32.2. The first-order valence-electron chi connectivity index (χ1n) is 10.1. The van der Waals surface area contributed by atoms with Gasteiger partial charge in [0.05, 0.1) is 49.7 Å². The van der Waals surface area contributed by atoms with Crippen molar-refractivity contribution in [2.75, 3.05) is 38.5 Å². The second kappa shape index (κ2) is 10.7. The van der Waals surface area contributed by atoms with Gasteiger partial charge in [-0.25, -0.2) is 13.2 Å². The molecule has 0 aliphatic carbocycles. The Morgan fingerprint density at radius 1 is 0.853 bits per heavy atom. The molecule has 0 unspecified atom stereocenters. The molecule has 9 nitrogen and oxygen atoms in total. The van der Waals surface area contributed by atoms with Gasteiger partial charge in [0, 0.05) is 12.1 Å². The summed E-state index contributed by atoms with van der Waals surface area (Å²) in [6.45, 7) is -0.246. The van der Waals surface area contributed by atoms with Gasteiger partial charge in [-0.1, -0.05) is 30.3 Å². The van der Waals surface area contributed by atoms with Crippen molar-refractivity contribution in [3.05, 3.63) is 72.3 Å². The van der Waals surface area contributed by atoms with E-state index in [1.165, 1.54) is 51.7 Å². The molecule has 178 valence electrons. The Morgan fingerprint density at radius 3 is 2.18 bits per heavy atom. The van der Waals surface area contributed by atoms with Gasteiger partial charge in [0.1, 0.15) is 10.6 Å². The minimum atomic E-state index is -3.94. The zero-order valence-corrected chi connectivity index (χ0v) is 19.6. The highest BCUT2D eigenvalue weighted by Gasteiger charge is 2.26. The van der Waals surface area contributed by atoms with E-state index in [4.69, 9.17) is 14.2 Å². The number of hydrogen-bond acceptors (Lipinski definition) is 8. The van der Waals surface area contributed by atoms with Crippen LogP contribution in [-0.4, -0.2) is 48.2 Å². The molecule has 2 N–H and O–H groups in total. The van der Waals surface area contributed by atoms with Crippen LogP contribution < -0.4 is 20.1 Å². The third-order valence-electron chi connectivity index (χ3n) is 4.86. The smallest absolute Gasteiger partial charge is 0.339 e. The first-order valence-corrected chi connectivity index (χ1v) is 11.6. The van der Waals surface area contributed by atoms with E-state index in [1.54, 1.807) is 36.4 Å². The van der Waals surface area contributed by atoms with Gasteiger partial charge in [-0.2, -0.15) is 0 Å². The van der Waals surface area contributed by atoms with Crippen molar-refractivity contribution in [2.45, 2.75) is 9.79 Å². The van der Waals surface area contributed by atoms with Gasteiger partial charge in [-0.3, -0.25) is 4.79 Å². The lowest BCUT2D eigenvalue weighted by Gasteiger charge is -2.17. The SMILES string of the molecule is COC(=O)c1ccccc1NC(=O)CNc1cc(OC)cc(S(=O)(=O)c2ccccc2)c1OC. The molecule has 0 aliphatic rings. The highest BCUT2D eigenvalue weighted by molar-refractivity contribution is 7.91. The van der Waals surface area contributed by atoms with E-state index in [9.17, 15) is 18.0 Å². The fourth-order valence-corrected chi connectivity index (χ4v) is 4.69. The van der Waals surface area contributed by atoms with Crippen LogP contribution in [0.2, 0.25) is 0 Å². The number of sulfone groups is 1. The van der Waals surface area contributed by atoms with Crippen molar-refractivity contribution in [1.29, 1.82) is 0 Å². The fraction of sp³-hybridized carbons (Fsp3) is 0.167. The summed E-state index contributed by atoms with van der Waals surface area (Å²) in [5.41, 5.74) is 0.729. The average Bonchev–Trinajstić information content (AvgIpc) is 2.87. The van der Waals surface area contributed by atoms with E-state index >= 15 is 0 Å². The van der Waals surface area contributed by atoms with Crippen molar-refractivity contribution >= 4 is 33.1 Å². The number of benzene rings is 3. The standard InChI is InChI=1S/C24H24N2O7S/c1-31-16-13-20(23(32-2)21(14-16)34(29,30)17-9-5-4-6-10-17)25-15-22(27)26-19-12-8-7-11-18(19)24(28)33-3/h4-14,25H,15H2,1-3H3,(H,26,27). The number of carbonyl (C=O) groups is 2. The number of para-hydroxylation sites is 1. The van der Waals surface area contributed by atoms with Gasteiger partial charge in [0.25, 0.3) is 0 Å². The number of ether oxygens (including phenoxy) is 3. The van der Waals surface area contributed by atoms with E-state index in [1.807, 2.05) is 0 Å². The lowest BCUT2D eigenvalue weighted by Crippen LogP contribution is -2.23. The minimum Gasteiger partial charge on any atom is -0.497 e. The second-order valence-electron chi connectivity index (χ2n) is 6.96. The number of rotatable bonds is 9. The van der Waals surface area contributed by atoms with E-state index in [-0.39, 0.29) is 44.8 Å². The number of carbonyl (C=O) groups excluding carboxylic acids is 2. The first kappa shape index (κ1) is 24.6. The molecule has 0 radical (unpaired) electrons. The zero-order chi connectivity index (χ0) is 24.7. The van der Waals surface area contributed by atoms with E-state index in [0.717, 1.165) is 0 Å². The number of hydrogen-bond donors (Lipinski definition) is 2. The van der Waals surface area contributed by atoms with Crippen LogP contribution in [0.25, 0.3) is 0 Å². The lowest BCUT2D eigenvalue weighted by molar-refractivity contribution is -0.114. The molecule has 0 fully saturated rings. The summed E-state index contributed by atoms with van der Waals surface area (Å²) in [6, 6.07) is 17.2. The average molecular weight is 485 g/mol. The lowest BCUT2D eigenvalue weighted by atomic mass is 10.2. The summed E-state index contributed by atoms with van der Waals surface area (Å²) in [7, 11) is 0.0504. The molecule has 0 saturated carbocycles. The van der Waals surface area contributed by atoms with Crippen LogP contribution >= 0.6 is 0 Å². The summed E-state index contributed by atoms with van der Waals surface area (Å²) >= 11 is 0. The van der Waals surface area contributed by atoms with Crippen LogP contribution in [0.5, 0.6) is 11.5 Å². The molecule has 0 saturated heterocycles. The summed E-state index contributed by atoms with van der Waals surface area (Å²) in [6.07, 6.45) is 0. The number of anilines is 2. The maximum atomic E-state index is 13.3. The largest absolute Gasteiger partial charge is 0.497 e. The van der Waals surface area contributed by atoms with Crippen LogP contribution in [0.1, 0.15) is 10.4 Å². The number of amides is 1. The molecule has 3 aromatic carbocycles. The Labute approximate surface area is 197 Å². The third-order valence-corrected chi connectivity index (χ3v) is 6.63. The number of methoxy groups -OCH3 is 3. The van der Waals surface area contributed by atoms with Gasteiger partial charge >= 0.3 is 5.97 Å². The normalized spacial score (nSPS) is 10.8. The maximum Gasteiger partial charge on any atom is 0.339 e.